The van der Waals surface area contributed by atoms with E-state index in [2.05, 4.69) is 13.1 Å². The predicted octanol–water partition coefficient (Wildman–Crippen LogP) is -1.31. The Morgan fingerprint density at radius 2 is 1.74 bits per heavy atom. The third-order valence-corrected chi connectivity index (χ3v) is 5.60. The number of quaternary nitrogens is 2. The summed E-state index contributed by atoms with van der Waals surface area (Å²) >= 11 is 0. The quantitative estimate of drug-likeness (QED) is 0.491. The molecule has 0 aromatic heterocycles. The van der Waals surface area contributed by atoms with Crippen molar-refractivity contribution in [2.75, 3.05) is 75.8 Å². The number of nitrogens with zero attached hydrogens (tertiary/aromatic N) is 4. The number of nitrogens with one attached hydrogen (secondary N) is 2. The second-order valence-corrected chi connectivity index (χ2v) is 7.39. The Hall–Kier alpha value is -2.44. The van der Waals surface area contributed by atoms with Gasteiger partial charge in [-0.05, 0) is 6.07 Å². The summed E-state index contributed by atoms with van der Waals surface area (Å²) in [6.45, 7) is 7.11. The molecule has 0 bridgehead atoms. The fourth-order valence-electron chi connectivity index (χ4n) is 3.86. The number of anilines is 2. The third kappa shape index (κ3) is 4.46. The number of hydrogen-bond donors (Lipinski definition) is 2. The fourth-order valence-corrected chi connectivity index (χ4v) is 3.86. The second kappa shape index (κ2) is 8.50. The zero-order chi connectivity index (χ0) is 19.4. The maximum Gasteiger partial charge on any atom is 0.295 e. The lowest BCUT2D eigenvalue weighted by Crippen LogP contribution is -3.14. The largest absolute Gasteiger partial charge is 0.358 e. The van der Waals surface area contributed by atoms with Crippen molar-refractivity contribution in [2.24, 2.45) is 0 Å². The van der Waals surface area contributed by atoms with Crippen molar-refractivity contribution in [3.63, 3.8) is 0 Å². The maximum absolute atomic E-state index is 14.6. The van der Waals surface area contributed by atoms with Gasteiger partial charge >= 0.3 is 0 Å². The van der Waals surface area contributed by atoms with Gasteiger partial charge in [-0.2, -0.15) is 5.26 Å². The van der Waals surface area contributed by atoms with Crippen LogP contribution in [0.1, 0.15) is 6.42 Å². The highest BCUT2D eigenvalue weighted by Crippen LogP contribution is 2.35. The zero-order valence-corrected chi connectivity index (χ0v) is 15.7. The Balaban J connectivity index is 1.82. The summed E-state index contributed by atoms with van der Waals surface area (Å²) in [6.07, 6.45) is 0.515. The molecule has 0 spiro atoms. The number of piperazine rings is 2. The number of hydrogen-bond acceptors (Lipinski definition) is 5. The van der Waals surface area contributed by atoms with Gasteiger partial charge in [0.05, 0.1) is 95.1 Å². The van der Waals surface area contributed by atoms with Crippen LogP contribution in [0.5, 0.6) is 0 Å². The first-order chi connectivity index (χ1) is 13.0. The molecule has 0 unspecified atom stereocenters. The molecule has 2 saturated heterocycles. The smallest absolute Gasteiger partial charge is 0.295 e. The molecule has 27 heavy (non-hydrogen) atoms. The predicted molar refractivity (Wildman–Crippen MR) is 99.9 cm³/mol. The summed E-state index contributed by atoms with van der Waals surface area (Å²) in [5.41, 5.74) is 0.792. The van der Waals surface area contributed by atoms with E-state index in [1.54, 1.807) is 6.07 Å². The van der Waals surface area contributed by atoms with Crippen LogP contribution in [-0.2, 0) is 0 Å². The molecule has 2 heterocycles. The summed E-state index contributed by atoms with van der Waals surface area (Å²) in [5, 5.41) is 20.2. The lowest BCUT2D eigenvalue weighted by molar-refractivity contribution is -0.900. The average Bonchev–Trinajstić information content (AvgIpc) is 2.67. The monoisotopic (exact) mass is 378 g/mol. The molecule has 0 atom stereocenters. The highest BCUT2D eigenvalue weighted by Gasteiger charge is 2.29. The molecule has 2 N–H and O–H groups in total. The van der Waals surface area contributed by atoms with Gasteiger partial charge < -0.3 is 19.6 Å². The minimum Gasteiger partial charge on any atom is -0.358 e. The topological polar surface area (TPSA) is 82.3 Å². The first-order valence-electron chi connectivity index (χ1n) is 9.49. The number of benzene rings is 1. The summed E-state index contributed by atoms with van der Waals surface area (Å²) in [6, 6.07) is 4.90. The van der Waals surface area contributed by atoms with Crippen LogP contribution in [0.15, 0.2) is 12.1 Å². The highest BCUT2D eigenvalue weighted by molar-refractivity contribution is 5.71. The van der Waals surface area contributed by atoms with Gasteiger partial charge in [-0.25, -0.2) is 4.39 Å². The lowest BCUT2D eigenvalue weighted by Gasteiger charge is -2.35. The van der Waals surface area contributed by atoms with E-state index in [1.807, 2.05) is 9.80 Å². The van der Waals surface area contributed by atoms with Crippen LogP contribution < -0.4 is 19.6 Å². The normalized spacial score (nSPS) is 19.1. The van der Waals surface area contributed by atoms with Crippen molar-refractivity contribution in [3.8, 4) is 6.07 Å². The van der Waals surface area contributed by atoms with E-state index in [1.165, 1.54) is 9.80 Å². The van der Waals surface area contributed by atoms with Crippen LogP contribution in [0.25, 0.3) is 0 Å². The molecular weight excluding hydrogens is 351 g/mol. The third-order valence-electron chi connectivity index (χ3n) is 5.60. The Morgan fingerprint density at radius 1 is 1.15 bits per heavy atom. The first-order valence-corrected chi connectivity index (χ1v) is 9.49. The maximum atomic E-state index is 14.6. The van der Waals surface area contributed by atoms with Crippen LogP contribution >= 0.6 is 0 Å². The minimum absolute atomic E-state index is 0.170. The Bertz CT molecular complexity index is 721. The zero-order valence-electron chi connectivity index (χ0n) is 15.7. The molecule has 0 aliphatic carbocycles. The van der Waals surface area contributed by atoms with Crippen molar-refractivity contribution in [2.45, 2.75) is 6.42 Å². The lowest BCUT2D eigenvalue weighted by atomic mass is 10.1. The molecule has 0 amide bonds. The van der Waals surface area contributed by atoms with E-state index in [0.717, 1.165) is 51.9 Å². The molecule has 1 aromatic rings. The molecule has 0 saturated carbocycles. The SMILES string of the molecule is C[NH+]1CCN(c2cc(N3CC[NH+](CCC#N)CC3)c([N+](=O)[O-])cc2F)CC1. The molecule has 8 nitrogen and oxygen atoms in total. The van der Waals surface area contributed by atoms with E-state index >= 15 is 0 Å². The van der Waals surface area contributed by atoms with Crippen LogP contribution in [0, 0.1) is 27.3 Å². The molecule has 2 fully saturated rings. The van der Waals surface area contributed by atoms with Crippen LogP contribution in [0.3, 0.4) is 0 Å². The van der Waals surface area contributed by atoms with Crippen molar-refractivity contribution in [3.05, 3.63) is 28.1 Å². The molecular formula is C18H27FN6O2+2. The molecule has 2 aliphatic heterocycles. The first kappa shape index (κ1) is 19.3. The summed E-state index contributed by atoms with van der Waals surface area (Å²) < 4.78 is 14.6. The van der Waals surface area contributed by atoms with E-state index in [0.29, 0.717) is 30.9 Å². The molecule has 9 heteroatoms. The highest BCUT2D eigenvalue weighted by atomic mass is 19.1. The summed E-state index contributed by atoms with van der Waals surface area (Å²) in [5.74, 6) is -0.525. The van der Waals surface area contributed by atoms with Gasteiger partial charge in [-0.3, -0.25) is 10.1 Å². The molecule has 3 rings (SSSR count). The van der Waals surface area contributed by atoms with Gasteiger partial charge in [-0.15, -0.1) is 0 Å². The number of nitriles is 1. The standard InChI is InChI=1S/C18H25FN6O2/c1-21-5-9-23(10-6-21)16-14-17(18(25(26)27)13-15(16)19)24-11-7-22(8-12-24)4-2-3-20/h13-14H,2,4-12H2,1H3/p+2. The molecule has 1 aromatic carbocycles. The summed E-state index contributed by atoms with van der Waals surface area (Å²) in [7, 11) is 2.11. The van der Waals surface area contributed by atoms with Crippen LogP contribution in [0.2, 0.25) is 0 Å². The fraction of sp³-hybridized carbons (Fsp3) is 0.611. The van der Waals surface area contributed by atoms with Gasteiger partial charge in [0.1, 0.15) is 5.69 Å². The van der Waals surface area contributed by atoms with Gasteiger partial charge in [0.2, 0.25) is 0 Å². The van der Waals surface area contributed by atoms with Gasteiger partial charge in [-0.1, -0.05) is 0 Å². The van der Waals surface area contributed by atoms with E-state index < -0.39 is 10.7 Å². The Labute approximate surface area is 158 Å². The number of nitro groups is 1. The number of rotatable bonds is 5. The van der Waals surface area contributed by atoms with Crippen molar-refractivity contribution in [1.82, 2.24) is 0 Å². The molecule has 2 aliphatic rings. The molecule has 0 radical (unpaired) electrons. The Morgan fingerprint density at radius 3 is 2.33 bits per heavy atom. The van der Waals surface area contributed by atoms with E-state index in [9.17, 15) is 14.5 Å². The molecule has 146 valence electrons. The Kier molecular flexibility index (Phi) is 6.08. The second-order valence-electron chi connectivity index (χ2n) is 7.39. The minimum atomic E-state index is -0.525. The number of halogens is 1. The average molecular weight is 378 g/mol. The van der Waals surface area contributed by atoms with Crippen molar-refractivity contribution < 1.29 is 19.1 Å². The number of likely N-dealkylation sites (N-methyl/N-ethyl adjacent to an activating group) is 1. The van der Waals surface area contributed by atoms with Gasteiger partial charge in [0.15, 0.2) is 5.82 Å². The number of nitro benzene ring substituents is 1. The van der Waals surface area contributed by atoms with Crippen LogP contribution in [-0.4, -0.2) is 70.9 Å². The van der Waals surface area contributed by atoms with E-state index in [4.69, 9.17) is 5.26 Å². The van der Waals surface area contributed by atoms with Crippen molar-refractivity contribution >= 4 is 17.1 Å². The van der Waals surface area contributed by atoms with Gasteiger partial charge in [0.25, 0.3) is 5.69 Å². The van der Waals surface area contributed by atoms with Crippen molar-refractivity contribution in [1.29, 1.82) is 5.26 Å². The van der Waals surface area contributed by atoms with Gasteiger partial charge in [0, 0.05) is 0 Å². The summed E-state index contributed by atoms with van der Waals surface area (Å²) in [4.78, 5) is 17.7. The van der Waals surface area contributed by atoms with E-state index in [-0.39, 0.29) is 5.69 Å². The van der Waals surface area contributed by atoms with Crippen LogP contribution in [0.4, 0.5) is 21.5 Å².